The summed E-state index contributed by atoms with van der Waals surface area (Å²) in [6, 6.07) is 0. The fourth-order valence-corrected chi connectivity index (χ4v) is 3.11. The van der Waals surface area contributed by atoms with Crippen molar-refractivity contribution in [1.29, 1.82) is 0 Å². The van der Waals surface area contributed by atoms with Crippen molar-refractivity contribution in [2.45, 2.75) is 20.3 Å². The SMILES string of the molecule is CC(C)C(CS)CN(C)CC1CCN(C)C1. The Kier molecular flexibility index (Phi) is 6.16. The normalized spacial score (nSPS) is 24.6. The van der Waals surface area contributed by atoms with Crippen molar-refractivity contribution in [3.8, 4) is 0 Å². The second-order valence-electron chi connectivity index (χ2n) is 5.82. The maximum atomic E-state index is 4.46. The first-order valence-electron chi connectivity index (χ1n) is 6.50. The molecule has 0 saturated carbocycles. The maximum absolute atomic E-state index is 4.46. The molecular formula is C13H28N2S. The Bertz CT molecular complexity index is 196. The summed E-state index contributed by atoms with van der Waals surface area (Å²) in [5, 5.41) is 0. The van der Waals surface area contributed by atoms with Crippen molar-refractivity contribution in [3.05, 3.63) is 0 Å². The molecule has 16 heavy (non-hydrogen) atoms. The molecule has 2 atom stereocenters. The molecule has 0 bridgehead atoms. The Labute approximate surface area is 107 Å². The lowest BCUT2D eigenvalue weighted by atomic mass is 9.97. The van der Waals surface area contributed by atoms with E-state index in [1.165, 1.54) is 32.6 Å². The smallest absolute Gasteiger partial charge is 0.00194 e. The van der Waals surface area contributed by atoms with Crippen LogP contribution in [-0.2, 0) is 0 Å². The summed E-state index contributed by atoms with van der Waals surface area (Å²) in [7, 11) is 4.49. The molecule has 1 aliphatic rings. The molecule has 3 heteroatoms. The Morgan fingerprint density at radius 3 is 2.56 bits per heavy atom. The first-order valence-corrected chi connectivity index (χ1v) is 7.14. The largest absolute Gasteiger partial charge is 0.306 e. The van der Waals surface area contributed by atoms with Gasteiger partial charge in [0.1, 0.15) is 0 Å². The third-order valence-corrected chi connectivity index (χ3v) is 4.25. The minimum absolute atomic E-state index is 0.729. The molecule has 0 aliphatic carbocycles. The van der Waals surface area contributed by atoms with Crippen LogP contribution in [0.3, 0.4) is 0 Å². The molecule has 0 radical (unpaired) electrons. The van der Waals surface area contributed by atoms with Crippen LogP contribution in [0.2, 0.25) is 0 Å². The highest BCUT2D eigenvalue weighted by atomic mass is 32.1. The Balaban J connectivity index is 2.26. The molecule has 1 fully saturated rings. The summed E-state index contributed by atoms with van der Waals surface area (Å²) >= 11 is 4.46. The van der Waals surface area contributed by atoms with E-state index in [0.29, 0.717) is 0 Å². The predicted octanol–water partition coefficient (Wildman–Crippen LogP) is 2.07. The maximum Gasteiger partial charge on any atom is 0.00194 e. The minimum Gasteiger partial charge on any atom is -0.306 e. The van der Waals surface area contributed by atoms with Crippen molar-refractivity contribution in [2.24, 2.45) is 17.8 Å². The Hall–Kier alpha value is 0.270. The van der Waals surface area contributed by atoms with Gasteiger partial charge in [0, 0.05) is 19.6 Å². The van der Waals surface area contributed by atoms with E-state index < -0.39 is 0 Å². The number of rotatable bonds is 6. The molecule has 0 amide bonds. The summed E-state index contributed by atoms with van der Waals surface area (Å²) in [5.41, 5.74) is 0. The molecular weight excluding hydrogens is 216 g/mol. The molecule has 0 aromatic carbocycles. The summed E-state index contributed by atoms with van der Waals surface area (Å²) in [5.74, 6) is 3.36. The fraction of sp³-hybridized carbons (Fsp3) is 1.00. The van der Waals surface area contributed by atoms with E-state index in [0.717, 1.165) is 23.5 Å². The highest BCUT2D eigenvalue weighted by molar-refractivity contribution is 7.80. The van der Waals surface area contributed by atoms with Crippen molar-refractivity contribution < 1.29 is 0 Å². The summed E-state index contributed by atoms with van der Waals surface area (Å²) in [6.45, 7) is 9.61. The monoisotopic (exact) mass is 244 g/mol. The lowest BCUT2D eigenvalue weighted by Crippen LogP contribution is -2.34. The van der Waals surface area contributed by atoms with Crippen LogP contribution in [-0.4, -0.2) is 55.8 Å². The quantitative estimate of drug-likeness (QED) is 0.715. The van der Waals surface area contributed by atoms with Gasteiger partial charge in [-0.05, 0) is 50.6 Å². The zero-order chi connectivity index (χ0) is 12.1. The molecule has 2 nitrogen and oxygen atoms in total. The zero-order valence-electron chi connectivity index (χ0n) is 11.3. The zero-order valence-corrected chi connectivity index (χ0v) is 12.2. The highest BCUT2D eigenvalue weighted by Gasteiger charge is 2.22. The van der Waals surface area contributed by atoms with Crippen LogP contribution in [0.5, 0.6) is 0 Å². The Morgan fingerprint density at radius 2 is 2.12 bits per heavy atom. The van der Waals surface area contributed by atoms with Gasteiger partial charge in [-0.25, -0.2) is 0 Å². The molecule has 1 saturated heterocycles. The van der Waals surface area contributed by atoms with Crippen LogP contribution in [0, 0.1) is 17.8 Å². The highest BCUT2D eigenvalue weighted by Crippen LogP contribution is 2.18. The first-order chi connectivity index (χ1) is 7.52. The average molecular weight is 244 g/mol. The fourth-order valence-electron chi connectivity index (χ4n) is 2.57. The topological polar surface area (TPSA) is 6.48 Å². The number of hydrogen-bond acceptors (Lipinski definition) is 3. The Morgan fingerprint density at radius 1 is 1.44 bits per heavy atom. The number of nitrogens with zero attached hydrogens (tertiary/aromatic N) is 2. The van der Waals surface area contributed by atoms with Gasteiger partial charge in [-0.3, -0.25) is 0 Å². The molecule has 1 rings (SSSR count). The van der Waals surface area contributed by atoms with E-state index in [2.05, 4.69) is 50.4 Å². The van der Waals surface area contributed by atoms with Gasteiger partial charge in [0.05, 0.1) is 0 Å². The summed E-state index contributed by atoms with van der Waals surface area (Å²) in [4.78, 5) is 4.95. The van der Waals surface area contributed by atoms with Crippen molar-refractivity contribution in [1.82, 2.24) is 9.80 Å². The standard InChI is InChI=1S/C13H28N2S/c1-11(2)13(10-16)9-15(4)8-12-5-6-14(3)7-12/h11-13,16H,5-10H2,1-4H3. The predicted molar refractivity (Wildman–Crippen MR) is 75.3 cm³/mol. The van der Waals surface area contributed by atoms with Gasteiger partial charge >= 0.3 is 0 Å². The molecule has 1 heterocycles. The van der Waals surface area contributed by atoms with Crippen LogP contribution < -0.4 is 0 Å². The summed E-state index contributed by atoms with van der Waals surface area (Å²) < 4.78 is 0. The van der Waals surface area contributed by atoms with E-state index in [4.69, 9.17) is 0 Å². The molecule has 0 spiro atoms. The van der Waals surface area contributed by atoms with Gasteiger partial charge in [-0.1, -0.05) is 13.8 Å². The van der Waals surface area contributed by atoms with Crippen LogP contribution in [0.25, 0.3) is 0 Å². The van der Waals surface area contributed by atoms with E-state index in [-0.39, 0.29) is 0 Å². The number of likely N-dealkylation sites (tertiary alicyclic amines) is 1. The molecule has 1 aliphatic heterocycles. The first kappa shape index (κ1) is 14.3. The lowest BCUT2D eigenvalue weighted by molar-refractivity contribution is 0.221. The molecule has 0 aromatic rings. The van der Waals surface area contributed by atoms with Gasteiger partial charge in [0.25, 0.3) is 0 Å². The van der Waals surface area contributed by atoms with Gasteiger partial charge in [0.15, 0.2) is 0 Å². The third kappa shape index (κ3) is 4.64. The van der Waals surface area contributed by atoms with Gasteiger partial charge in [0.2, 0.25) is 0 Å². The number of thiol groups is 1. The summed E-state index contributed by atoms with van der Waals surface area (Å²) in [6.07, 6.45) is 1.37. The number of hydrogen-bond donors (Lipinski definition) is 1. The van der Waals surface area contributed by atoms with Crippen molar-refractivity contribution in [2.75, 3.05) is 46.0 Å². The van der Waals surface area contributed by atoms with E-state index in [1.54, 1.807) is 0 Å². The van der Waals surface area contributed by atoms with Crippen molar-refractivity contribution in [3.63, 3.8) is 0 Å². The lowest BCUT2D eigenvalue weighted by Gasteiger charge is -2.27. The van der Waals surface area contributed by atoms with Crippen molar-refractivity contribution >= 4 is 12.6 Å². The third-order valence-electron chi connectivity index (χ3n) is 3.78. The van der Waals surface area contributed by atoms with Gasteiger partial charge in [-0.2, -0.15) is 12.6 Å². The second-order valence-corrected chi connectivity index (χ2v) is 6.19. The molecule has 96 valence electrons. The van der Waals surface area contributed by atoms with E-state index >= 15 is 0 Å². The van der Waals surface area contributed by atoms with Crippen LogP contribution in [0.1, 0.15) is 20.3 Å². The molecule has 2 unspecified atom stereocenters. The molecule has 0 aromatic heterocycles. The second kappa shape index (κ2) is 6.87. The van der Waals surface area contributed by atoms with E-state index in [1.807, 2.05) is 0 Å². The minimum atomic E-state index is 0.729. The van der Waals surface area contributed by atoms with Gasteiger partial charge < -0.3 is 9.80 Å². The van der Waals surface area contributed by atoms with Gasteiger partial charge in [-0.15, -0.1) is 0 Å². The van der Waals surface area contributed by atoms with E-state index in [9.17, 15) is 0 Å². The molecule has 0 N–H and O–H groups in total. The van der Waals surface area contributed by atoms with Crippen LogP contribution in [0.15, 0.2) is 0 Å². The van der Waals surface area contributed by atoms with Crippen LogP contribution >= 0.6 is 12.6 Å². The van der Waals surface area contributed by atoms with Crippen LogP contribution in [0.4, 0.5) is 0 Å². The average Bonchev–Trinajstić information content (AvgIpc) is 2.60.